The maximum absolute atomic E-state index is 13.6. The topological polar surface area (TPSA) is 104 Å². The van der Waals surface area contributed by atoms with Gasteiger partial charge in [0.1, 0.15) is 5.82 Å². The molecule has 0 aliphatic heterocycles. The van der Waals surface area contributed by atoms with Crippen molar-refractivity contribution in [2.75, 3.05) is 23.7 Å². The molecule has 1 aromatic carbocycles. The molecule has 2 aromatic rings. The van der Waals surface area contributed by atoms with E-state index < -0.39 is 11.2 Å². The Morgan fingerprint density at radius 3 is 2.30 bits per heavy atom. The van der Waals surface area contributed by atoms with E-state index in [1.807, 2.05) is 27.7 Å². The van der Waals surface area contributed by atoms with Crippen molar-refractivity contribution in [2.45, 2.75) is 66.6 Å². The number of nitrogens with two attached hydrogens (primary N) is 1. The molecule has 0 radical (unpaired) electrons. The van der Waals surface area contributed by atoms with Gasteiger partial charge in [-0.25, -0.2) is 4.79 Å². The summed E-state index contributed by atoms with van der Waals surface area (Å²) in [4.78, 5) is 44.8. The Balaban J connectivity index is 1.92. The highest BCUT2D eigenvalue weighted by Gasteiger charge is 2.33. The van der Waals surface area contributed by atoms with Crippen molar-refractivity contribution in [3.63, 3.8) is 0 Å². The summed E-state index contributed by atoms with van der Waals surface area (Å²) in [5, 5.41) is 0. The maximum Gasteiger partial charge on any atom is 0.330 e. The fraction of sp³-hybridized carbons (Fsp3) is 0.560. The number of carbonyl (C=O) groups is 1. The van der Waals surface area contributed by atoms with Crippen molar-refractivity contribution in [3.8, 4) is 0 Å². The lowest BCUT2D eigenvalue weighted by Gasteiger charge is -2.29. The first-order chi connectivity index (χ1) is 15.6. The highest BCUT2D eigenvalue weighted by molar-refractivity contribution is 5.96. The van der Waals surface area contributed by atoms with E-state index in [0.29, 0.717) is 25.7 Å². The summed E-state index contributed by atoms with van der Waals surface area (Å²) in [7, 11) is 0. The third-order valence-corrected chi connectivity index (χ3v) is 5.79. The number of amides is 1. The van der Waals surface area contributed by atoms with Crippen LogP contribution in [0.3, 0.4) is 0 Å². The van der Waals surface area contributed by atoms with Gasteiger partial charge >= 0.3 is 5.69 Å². The van der Waals surface area contributed by atoms with Crippen molar-refractivity contribution in [1.82, 2.24) is 14.5 Å². The zero-order valence-electron chi connectivity index (χ0n) is 20.4. The number of carbonyl (C=O) groups excluding carboxylic acids is 1. The number of aromatic nitrogens is 2. The van der Waals surface area contributed by atoms with Gasteiger partial charge < -0.3 is 10.6 Å². The van der Waals surface area contributed by atoms with E-state index in [9.17, 15) is 14.4 Å². The van der Waals surface area contributed by atoms with Gasteiger partial charge in [0.25, 0.3) is 5.56 Å². The lowest BCUT2D eigenvalue weighted by atomic mass is 10.1. The van der Waals surface area contributed by atoms with Crippen molar-refractivity contribution in [2.24, 2.45) is 11.8 Å². The summed E-state index contributed by atoms with van der Waals surface area (Å²) in [5.74, 6) is 0.125. The number of benzene rings is 1. The van der Waals surface area contributed by atoms with Crippen LogP contribution in [0.5, 0.6) is 0 Å². The van der Waals surface area contributed by atoms with Gasteiger partial charge in [-0.3, -0.25) is 24.0 Å². The molecule has 1 aliphatic rings. The van der Waals surface area contributed by atoms with Crippen LogP contribution >= 0.6 is 0 Å². The smallest absolute Gasteiger partial charge is 0.330 e. The van der Waals surface area contributed by atoms with E-state index >= 15 is 0 Å². The number of H-pyrrole nitrogens is 1. The van der Waals surface area contributed by atoms with Crippen molar-refractivity contribution in [1.29, 1.82) is 0 Å². The maximum atomic E-state index is 13.6. The largest absolute Gasteiger partial charge is 0.383 e. The number of nitrogens with zero attached hydrogens (tertiary/aromatic N) is 3. The summed E-state index contributed by atoms with van der Waals surface area (Å²) in [6.07, 6.45) is 2.12. The minimum absolute atomic E-state index is 0.0444. The number of nitrogens with one attached hydrogen (secondary N) is 1. The number of hydrogen-bond acceptors (Lipinski definition) is 5. The van der Waals surface area contributed by atoms with Crippen LogP contribution in [0, 0.1) is 18.8 Å². The van der Waals surface area contributed by atoms with Gasteiger partial charge in [0.15, 0.2) is 5.69 Å². The van der Waals surface area contributed by atoms with Gasteiger partial charge in [-0.15, -0.1) is 0 Å². The molecule has 0 unspecified atom stereocenters. The Bertz CT molecular complexity index is 1080. The molecular formula is C25H37N5O3. The molecule has 0 spiro atoms. The molecule has 1 amide bonds. The van der Waals surface area contributed by atoms with Gasteiger partial charge in [-0.1, -0.05) is 57.5 Å². The summed E-state index contributed by atoms with van der Waals surface area (Å²) >= 11 is 0. The molecule has 180 valence electrons. The molecule has 8 nitrogen and oxygen atoms in total. The summed E-state index contributed by atoms with van der Waals surface area (Å²) in [6.45, 7) is 11.5. The van der Waals surface area contributed by atoms with E-state index in [1.165, 1.54) is 15.0 Å². The second kappa shape index (κ2) is 10.4. The molecule has 0 atom stereocenters. The lowest BCUT2D eigenvalue weighted by molar-refractivity contribution is -0.120. The van der Waals surface area contributed by atoms with Gasteiger partial charge in [0.2, 0.25) is 5.91 Å². The van der Waals surface area contributed by atoms with Gasteiger partial charge in [-0.2, -0.15) is 0 Å². The average Bonchev–Trinajstić information content (AvgIpc) is 3.56. The molecule has 1 saturated carbocycles. The van der Waals surface area contributed by atoms with Crippen molar-refractivity contribution in [3.05, 3.63) is 56.2 Å². The van der Waals surface area contributed by atoms with Crippen LogP contribution in [-0.2, 0) is 17.9 Å². The van der Waals surface area contributed by atoms with Crippen LogP contribution in [-0.4, -0.2) is 39.5 Å². The van der Waals surface area contributed by atoms with Crippen LogP contribution in [0.4, 0.5) is 11.5 Å². The molecule has 1 heterocycles. The van der Waals surface area contributed by atoms with E-state index in [-0.39, 0.29) is 35.8 Å². The first kappa shape index (κ1) is 24.8. The molecule has 0 saturated heterocycles. The molecule has 1 fully saturated rings. The fourth-order valence-electron chi connectivity index (χ4n) is 4.01. The number of nitrogen functional groups attached to an aromatic ring is 1. The van der Waals surface area contributed by atoms with Crippen LogP contribution < -0.4 is 21.9 Å². The van der Waals surface area contributed by atoms with Crippen LogP contribution in [0.15, 0.2) is 33.9 Å². The zero-order chi connectivity index (χ0) is 24.3. The van der Waals surface area contributed by atoms with E-state index in [2.05, 4.69) is 41.1 Å². The number of hydrogen-bond donors (Lipinski definition) is 2. The van der Waals surface area contributed by atoms with Gasteiger partial charge in [-0.05, 0) is 37.2 Å². The second-order valence-electron chi connectivity index (χ2n) is 10.0. The predicted octanol–water partition coefficient (Wildman–Crippen LogP) is 2.74. The molecule has 3 N–H and O–H groups in total. The van der Waals surface area contributed by atoms with Crippen molar-refractivity contribution >= 4 is 17.4 Å². The molecule has 1 aromatic heterocycles. The number of aryl methyl sites for hydroxylation is 1. The monoisotopic (exact) mass is 455 g/mol. The first-order valence-corrected chi connectivity index (χ1v) is 11.8. The molecule has 8 heteroatoms. The SMILES string of the molecule is Cc1ccc(CN(CC(=O)N(CC(C)C)c2c(N)n(CC(C)C)c(=O)[nH]c2=O)C2CC2)cc1. The molecule has 0 bridgehead atoms. The number of rotatable bonds is 10. The predicted molar refractivity (Wildman–Crippen MR) is 132 cm³/mol. The Labute approximate surface area is 195 Å². The molecular weight excluding hydrogens is 418 g/mol. The van der Waals surface area contributed by atoms with E-state index in [4.69, 9.17) is 5.73 Å². The normalized spacial score (nSPS) is 13.8. The minimum Gasteiger partial charge on any atom is -0.383 e. The highest BCUT2D eigenvalue weighted by atomic mass is 16.2. The zero-order valence-corrected chi connectivity index (χ0v) is 20.4. The fourth-order valence-corrected chi connectivity index (χ4v) is 4.01. The molecule has 1 aliphatic carbocycles. The second-order valence-corrected chi connectivity index (χ2v) is 10.0. The molecule has 33 heavy (non-hydrogen) atoms. The van der Waals surface area contributed by atoms with Crippen LogP contribution in [0.1, 0.15) is 51.7 Å². The van der Waals surface area contributed by atoms with Crippen LogP contribution in [0.25, 0.3) is 0 Å². The summed E-state index contributed by atoms with van der Waals surface area (Å²) in [6, 6.07) is 8.69. The standard InChI is InChI=1S/C25H37N5O3/c1-16(2)12-29(22-23(26)30(13-17(3)4)25(33)27-24(22)32)21(31)15-28(20-10-11-20)14-19-8-6-18(5)7-9-19/h6-9,16-17,20H,10-15,26H2,1-5H3,(H,27,32,33). The third-order valence-electron chi connectivity index (χ3n) is 5.79. The highest BCUT2D eigenvalue weighted by Crippen LogP contribution is 2.29. The Kier molecular flexibility index (Phi) is 7.79. The number of anilines is 2. The van der Waals surface area contributed by atoms with Crippen molar-refractivity contribution < 1.29 is 4.79 Å². The van der Waals surface area contributed by atoms with Gasteiger partial charge in [0, 0.05) is 25.7 Å². The van der Waals surface area contributed by atoms with Gasteiger partial charge in [0.05, 0.1) is 6.54 Å². The minimum atomic E-state index is -0.622. The lowest BCUT2D eigenvalue weighted by Crippen LogP contribution is -2.47. The average molecular weight is 456 g/mol. The number of aromatic amines is 1. The van der Waals surface area contributed by atoms with E-state index in [0.717, 1.165) is 18.4 Å². The molecule has 3 rings (SSSR count). The summed E-state index contributed by atoms with van der Waals surface area (Å²) < 4.78 is 1.35. The van der Waals surface area contributed by atoms with Crippen LogP contribution in [0.2, 0.25) is 0 Å². The summed E-state index contributed by atoms with van der Waals surface area (Å²) in [5.41, 5.74) is 7.57. The Hall–Kier alpha value is -2.87. The first-order valence-electron chi connectivity index (χ1n) is 11.8. The Morgan fingerprint density at radius 2 is 1.76 bits per heavy atom. The van der Waals surface area contributed by atoms with E-state index in [1.54, 1.807) is 0 Å². The quantitative estimate of drug-likeness (QED) is 0.573. The Morgan fingerprint density at radius 1 is 1.12 bits per heavy atom. The third kappa shape index (κ3) is 6.35.